The molecule has 0 bridgehead atoms. The molecule has 7 nitrogen and oxygen atoms in total. The van der Waals surface area contributed by atoms with Crippen molar-refractivity contribution < 1.29 is 17.9 Å². The summed E-state index contributed by atoms with van der Waals surface area (Å²) >= 11 is 0. The van der Waals surface area contributed by atoms with Gasteiger partial charge >= 0.3 is 0 Å². The maximum Gasteiger partial charge on any atom is 0.256 e. The molecule has 2 heterocycles. The van der Waals surface area contributed by atoms with Gasteiger partial charge in [-0.3, -0.25) is 4.79 Å². The summed E-state index contributed by atoms with van der Waals surface area (Å²) in [5.41, 5.74) is 1.64. The average Bonchev–Trinajstić information content (AvgIpc) is 3.10. The summed E-state index contributed by atoms with van der Waals surface area (Å²) in [4.78, 5) is 15.0. The fourth-order valence-corrected chi connectivity index (χ4v) is 5.13. The van der Waals surface area contributed by atoms with Crippen molar-refractivity contribution in [3.63, 3.8) is 0 Å². The molecule has 0 saturated carbocycles. The second-order valence-electron chi connectivity index (χ2n) is 7.04. The molecule has 0 N–H and O–H groups in total. The SMILES string of the molecule is COc1ccc(S(=O)(=O)N2CCN(C(=O)c3cn(C)c4ccccc34)CC2)cc1. The second kappa shape index (κ2) is 7.53. The van der Waals surface area contributed by atoms with Crippen molar-refractivity contribution in [2.45, 2.75) is 4.90 Å². The number of aryl methyl sites for hydroxylation is 1. The van der Waals surface area contributed by atoms with E-state index in [4.69, 9.17) is 4.74 Å². The van der Waals surface area contributed by atoms with Gasteiger partial charge in [-0.1, -0.05) is 18.2 Å². The van der Waals surface area contributed by atoms with Crippen molar-refractivity contribution in [1.29, 1.82) is 0 Å². The van der Waals surface area contributed by atoms with Crippen LogP contribution < -0.4 is 4.74 Å². The summed E-state index contributed by atoms with van der Waals surface area (Å²) in [6.45, 7) is 1.25. The molecular formula is C21H23N3O4S. The number of methoxy groups -OCH3 is 1. The Hall–Kier alpha value is -2.84. The third kappa shape index (κ3) is 3.49. The Morgan fingerprint density at radius 3 is 2.28 bits per heavy atom. The number of para-hydroxylation sites is 1. The molecular weight excluding hydrogens is 390 g/mol. The number of piperazine rings is 1. The van der Waals surface area contributed by atoms with Gasteiger partial charge in [0, 0.05) is 50.3 Å². The largest absolute Gasteiger partial charge is 0.497 e. The van der Waals surface area contributed by atoms with E-state index in [1.165, 1.54) is 11.4 Å². The zero-order valence-electron chi connectivity index (χ0n) is 16.4. The number of carbonyl (C=O) groups is 1. The van der Waals surface area contributed by atoms with Gasteiger partial charge < -0.3 is 14.2 Å². The number of benzene rings is 2. The van der Waals surface area contributed by atoms with Crippen molar-refractivity contribution >= 4 is 26.8 Å². The molecule has 0 unspecified atom stereocenters. The van der Waals surface area contributed by atoms with Crippen LogP contribution in [0.15, 0.2) is 59.6 Å². The number of ether oxygens (including phenoxy) is 1. The van der Waals surface area contributed by atoms with Crippen LogP contribution in [0.5, 0.6) is 5.75 Å². The number of nitrogens with zero attached hydrogens (tertiary/aromatic N) is 3. The maximum atomic E-state index is 13.1. The van der Waals surface area contributed by atoms with Gasteiger partial charge in [-0.05, 0) is 30.3 Å². The third-order valence-electron chi connectivity index (χ3n) is 5.35. The van der Waals surface area contributed by atoms with Gasteiger partial charge in [0.25, 0.3) is 5.91 Å². The molecule has 1 fully saturated rings. The van der Waals surface area contributed by atoms with Crippen LogP contribution in [-0.4, -0.2) is 61.4 Å². The number of hydrogen-bond donors (Lipinski definition) is 0. The highest BCUT2D eigenvalue weighted by molar-refractivity contribution is 7.89. The number of fused-ring (bicyclic) bond motifs is 1. The minimum atomic E-state index is -3.60. The summed E-state index contributed by atoms with van der Waals surface area (Å²) in [7, 11) is -0.143. The lowest BCUT2D eigenvalue weighted by atomic mass is 10.1. The van der Waals surface area contributed by atoms with Crippen LogP contribution >= 0.6 is 0 Å². The van der Waals surface area contributed by atoms with E-state index in [2.05, 4.69) is 0 Å². The van der Waals surface area contributed by atoms with E-state index in [9.17, 15) is 13.2 Å². The lowest BCUT2D eigenvalue weighted by Gasteiger charge is -2.34. The number of carbonyl (C=O) groups excluding carboxylic acids is 1. The van der Waals surface area contributed by atoms with Crippen LogP contribution in [0.1, 0.15) is 10.4 Å². The van der Waals surface area contributed by atoms with Crippen molar-refractivity contribution in [3.05, 3.63) is 60.3 Å². The highest BCUT2D eigenvalue weighted by atomic mass is 32.2. The normalized spacial score (nSPS) is 15.6. The molecule has 3 aromatic rings. The summed E-state index contributed by atoms with van der Waals surface area (Å²) < 4.78 is 34.2. The first kappa shape index (κ1) is 19.5. The molecule has 4 rings (SSSR count). The molecule has 0 atom stereocenters. The Balaban J connectivity index is 1.49. The van der Waals surface area contributed by atoms with E-state index in [-0.39, 0.29) is 23.9 Å². The van der Waals surface area contributed by atoms with E-state index < -0.39 is 10.0 Å². The number of amides is 1. The molecule has 152 valence electrons. The third-order valence-corrected chi connectivity index (χ3v) is 7.26. The van der Waals surface area contributed by atoms with Gasteiger partial charge in [0.1, 0.15) is 5.75 Å². The van der Waals surface area contributed by atoms with Crippen LogP contribution in [0.2, 0.25) is 0 Å². The number of hydrogen-bond acceptors (Lipinski definition) is 4. The van der Waals surface area contributed by atoms with E-state index in [1.807, 2.05) is 42.1 Å². The minimum absolute atomic E-state index is 0.0664. The quantitative estimate of drug-likeness (QED) is 0.658. The zero-order chi connectivity index (χ0) is 20.6. The number of sulfonamides is 1. The Labute approximate surface area is 170 Å². The Bertz CT molecular complexity index is 1140. The molecule has 8 heteroatoms. The Morgan fingerprint density at radius 1 is 0.966 bits per heavy atom. The topological polar surface area (TPSA) is 71.9 Å². The molecule has 0 spiro atoms. The molecule has 1 amide bonds. The number of rotatable bonds is 4. The van der Waals surface area contributed by atoms with Crippen molar-refractivity contribution in [3.8, 4) is 5.75 Å². The second-order valence-corrected chi connectivity index (χ2v) is 8.98. The van der Waals surface area contributed by atoms with Crippen LogP contribution in [0, 0.1) is 0 Å². The van der Waals surface area contributed by atoms with Crippen molar-refractivity contribution in [1.82, 2.24) is 13.8 Å². The van der Waals surface area contributed by atoms with Crippen LogP contribution in [0.4, 0.5) is 0 Å². The highest BCUT2D eigenvalue weighted by Crippen LogP contribution is 2.24. The van der Waals surface area contributed by atoms with E-state index in [0.717, 1.165) is 10.9 Å². The van der Waals surface area contributed by atoms with Crippen LogP contribution in [-0.2, 0) is 17.1 Å². The first-order valence-corrected chi connectivity index (χ1v) is 10.8. The first-order chi connectivity index (χ1) is 13.9. The molecule has 0 aliphatic carbocycles. The predicted octanol–water partition coefficient (Wildman–Crippen LogP) is 2.33. The number of aromatic nitrogens is 1. The monoisotopic (exact) mass is 413 g/mol. The van der Waals surface area contributed by atoms with Gasteiger partial charge in [-0.25, -0.2) is 8.42 Å². The van der Waals surface area contributed by atoms with E-state index in [1.54, 1.807) is 29.2 Å². The highest BCUT2D eigenvalue weighted by Gasteiger charge is 2.31. The molecule has 1 aromatic heterocycles. The van der Waals surface area contributed by atoms with Gasteiger partial charge in [-0.2, -0.15) is 4.31 Å². The Morgan fingerprint density at radius 2 is 1.62 bits per heavy atom. The molecule has 1 aliphatic rings. The predicted molar refractivity (Wildman–Crippen MR) is 111 cm³/mol. The Kier molecular flexibility index (Phi) is 5.06. The van der Waals surface area contributed by atoms with Gasteiger partial charge in [0.15, 0.2) is 0 Å². The molecule has 1 saturated heterocycles. The van der Waals surface area contributed by atoms with Crippen molar-refractivity contribution in [2.24, 2.45) is 7.05 Å². The van der Waals surface area contributed by atoms with E-state index in [0.29, 0.717) is 24.4 Å². The average molecular weight is 413 g/mol. The smallest absolute Gasteiger partial charge is 0.256 e. The summed E-state index contributed by atoms with van der Waals surface area (Å²) in [6, 6.07) is 14.1. The molecule has 2 aromatic carbocycles. The fourth-order valence-electron chi connectivity index (χ4n) is 3.71. The summed E-state index contributed by atoms with van der Waals surface area (Å²) in [5, 5.41) is 0.910. The maximum absolute atomic E-state index is 13.1. The summed E-state index contributed by atoms with van der Waals surface area (Å²) in [5.74, 6) is 0.540. The standard InChI is InChI=1S/C21H23N3O4S/c1-22-15-19(18-5-3-4-6-20(18)22)21(25)23-11-13-24(14-12-23)29(26,27)17-9-7-16(28-2)8-10-17/h3-10,15H,11-14H2,1-2H3. The molecule has 0 radical (unpaired) electrons. The van der Waals surface area contributed by atoms with Crippen LogP contribution in [0.25, 0.3) is 10.9 Å². The van der Waals surface area contributed by atoms with E-state index >= 15 is 0 Å². The molecule has 1 aliphatic heterocycles. The lowest BCUT2D eigenvalue weighted by Crippen LogP contribution is -2.50. The minimum Gasteiger partial charge on any atom is -0.497 e. The molecule has 29 heavy (non-hydrogen) atoms. The van der Waals surface area contributed by atoms with Crippen molar-refractivity contribution in [2.75, 3.05) is 33.3 Å². The van der Waals surface area contributed by atoms with Gasteiger partial charge in [0.05, 0.1) is 17.6 Å². The first-order valence-electron chi connectivity index (χ1n) is 9.39. The van der Waals surface area contributed by atoms with Gasteiger partial charge in [0.2, 0.25) is 10.0 Å². The fraction of sp³-hybridized carbons (Fsp3) is 0.286. The zero-order valence-corrected chi connectivity index (χ0v) is 17.2. The lowest BCUT2D eigenvalue weighted by molar-refractivity contribution is 0.0699. The summed E-state index contributed by atoms with van der Waals surface area (Å²) in [6.07, 6.45) is 1.84. The van der Waals surface area contributed by atoms with Crippen LogP contribution in [0.3, 0.4) is 0 Å². The van der Waals surface area contributed by atoms with Gasteiger partial charge in [-0.15, -0.1) is 0 Å².